The lowest BCUT2D eigenvalue weighted by molar-refractivity contribution is 0.174. The minimum atomic E-state index is -0.316. The highest BCUT2D eigenvalue weighted by molar-refractivity contribution is 5.86. The maximum absolute atomic E-state index is 11.0. The van der Waals surface area contributed by atoms with Crippen LogP contribution in [0.4, 0.5) is 5.69 Å². The van der Waals surface area contributed by atoms with Crippen molar-refractivity contribution in [1.82, 2.24) is 9.97 Å². The molecule has 6 heteroatoms. The molecule has 1 unspecified atom stereocenters. The molecule has 0 saturated heterocycles. The molecular weight excluding hydrogens is 354 g/mol. The molecule has 5 rings (SSSR count). The number of anilines is 1. The van der Waals surface area contributed by atoms with Crippen LogP contribution < -0.4 is 14.8 Å². The first kappa shape index (κ1) is 16.4. The third-order valence-electron chi connectivity index (χ3n) is 4.81. The molecule has 0 bridgehead atoms. The zero-order valence-corrected chi connectivity index (χ0v) is 14.9. The Balaban J connectivity index is 1.65. The summed E-state index contributed by atoms with van der Waals surface area (Å²) in [5, 5.41) is 15.4. The van der Waals surface area contributed by atoms with E-state index in [9.17, 15) is 5.11 Å². The van der Waals surface area contributed by atoms with Crippen LogP contribution in [0.3, 0.4) is 0 Å². The van der Waals surface area contributed by atoms with Gasteiger partial charge in [0.1, 0.15) is 11.3 Å². The topological polar surface area (TPSA) is 76.5 Å². The van der Waals surface area contributed by atoms with Crippen LogP contribution in [0.1, 0.15) is 17.2 Å². The van der Waals surface area contributed by atoms with Gasteiger partial charge in [-0.2, -0.15) is 0 Å². The third-order valence-corrected chi connectivity index (χ3v) is 4.81. The molecule has 2 N–H and O–H groups in total. The van der Waals surface area contributed by atoms with Crippen molar-refractivity contribution < 1.29 is 14.6 Å². The molecule has 0 spiro atoms. The quantitative estimate of drug-likeness (QED) is 0.558. The predicted octanol–water partition coefficient (Wildman–Crippen LogP) is 4.27. The number of hydrogen-bond acceptors (Lipinski definition) is 6. The number of fused-ring (bicyclic) bond motifs is 2. The molecule has 1 atom stereocenters. The van der Waals surface area contributed by atoms with E-state index < -0.39 is 0 Å². The monoisotopic (exact) mass is 371 g/mol. The third kappa shape index (κ3) is 2.85. The molecule has 4 aromatic rings. The molecule has 0 amide bonds. The van der Waals surface area contributed by atoms with Crippen LogP contribution >= 0.6 is 0 Å². The van der Waals surface area contributed by atoms with Gasteiger partial charge in [-0.05, 0) is 35.9 Å². The van der Waals surface area contributed by atoms with Gasteiger partial charge in [-0.1, -0.05) is 24.3 Å². The highest BCUT2D eigenvalue weighted by atomic mass is 16.7. The second-order valence-corrected chi connectivity index (χ2v) is 6.50. The summed E-state index contributed by atoms with van der Waals surface area (Å²) in [6.07, 6.45) is 5.12. The highest BCUT2D eigenvalue weighted by Crippen LogP contribution is 2.40. The van der Waals surface area contributed by atoms with Gasteiger partial charge >= 0.3 is 0 Å². The van der Waals surface area contributed by atoms with E-state index in [0.29, 0.717) is 11.3 Å². The summed E-state index contributed by atoms with van der Waals surface area (Å²) in [6, 6.07) is 16.9. The Bertz CT molecular complexity index is 1150. The molecule has 2 aromatic carbocycles. The van der Waals surface area contributed by atoms with Gasteiger partial charge < -0.3 is 19.9 Å². The maximum atomic E-state index is 11.0. The van der Waals surface area contributed by atoms with Crippen LogP contribution in [0.25, 0.3) is 10.9 Å². The van der Waals surface area contributed by atoms with Gasteiger partial charge in [-0.15, -0.1) is 0 Å². The summed E-state index contributed by atoms with van der Waals surface area (Å²) in [4.78, 5) is 8.42. The number of aromatic hydroxyl groups is 1. The molecule has 138 valence electrons. The lowest BCUT2D eigenvalue weighted by Crippen LogP contribution is -2.13. The number of aromatic nitrogens is 2. The number of pyridine rings is 2. The van der Waals surface area contributed by atoms with Gasteiger partial charge in [0, 0.05) is 35.2 Å². The second kappa shape index (κ2) is 6.74. The lowest BCUT2D eigenvalue weighted by atomic mass is 9.95. The first-order chi connectivity index (χ1) is 13.8. The van der Waals surface area contributed by atoms with E-state index in [1.54, 1.807) is 18.6 Å². The Labute approximate surface area is 161 Å². The van der Waals surface area contributed by atoms with Gasteiger partial charge in [0.2, 0.25) is 6.79 Å². The van der Waals surface area contributed by atoms with E-state index in [1.807, 2.05) is 54.6 Å². The Hall–Kier alpha value is -3.80. The number of nitrogens with zero attached hydrogens (tertiary/aromatic N) is 2. The Morgan fingerprint density at radius 2 is 1.79 bits per heavy atom. The summed E-state index contributed by atoms with van der Waals surface area (Å²) >= 11 is 0. The minimum Gasteiger partial charge on any atom is -0.505 e. The fourth-order valence-electron chi connectivity index (χ4n) is 3.43. The normalized spacial score (nSPS) is 13.4. The van der Waals surface area contributed by atoms with Crippen molar-refractivity contribution in [2.24, 2.45) is 0 Å². The van der Waals surface area contributed by atoms with Crippen LogP contribution in [0.5, 0.6) is 17.2 Å². The summed E-state index contributed by atoms with van der Waals surface area (Å²) in [5.41, 5.74) is 3.12. The van der Waals surface area contributed by atoms with E-state index in [0.717, 1.165) is 28.0 Å². The second-order valence-electron chi connectivity index (χ2n) is 6.50. The molecule has 28 heavy (non-hydrogen) atoms. The molecule has 0 radical (unpaired) electrons. The van der Waals surface area contributed by atoms with Gasteiger partial charge in [-0.25, -0.2) is 0 Å². The fraction of sp³-hybridized carbons (Fsp3) is 0.0909. The van der Waals surface area contributed by atoms with E-state index in [1.165, 1.54) is 0 Å². The number of nitrogens with one attached hydrogen (secondary N) is 1. The van der Waals surface area contributed by atoms with E-state index in [-0.39, 0.29) is 18.6 Å². The highest BCUT2D eigenvalue weighted by Gasteiger charge is 2.23. The first-order valence-corrected chi connectivity index (χ1v) is 8.92. The summed E-state index contributed by atoms with van der Waals surface area (Å²) in [5.74, 6) is 1.57. The van der Waals surface area contributed by atoms with Crippen molar-refractivity contribution in [3.63, 3.8) is 0 Å². The van der Waals surface area contributed by atoms with Crippen LogP contribution in [0.15, 0.2) is 73.2 Å². The Morgan fingerprint density at radius 3 is 2.68 bits per heavy atom. The number of ether oxygens (including phenoxy) is 2. The predicted molar refractivity (Wildman–Crippen MR) is 106 cm³/mol. The molecule has 6 nitrogen and oxygen atoms in total. The Kier molecular flexibility index (Phi) is 3.94. The standard InChI is InChI=1S/C22H17N3O3/c26-22-17(5-3-14-2-1-9-24-21(14)22)20(25-16-7-10-23-11-8-16)15-4-6-18-19(12-15)28-13-27-18/h1-12,20,26H,13H2,(H,23,25). The van der Waals surface area contributed by atoms with Crippen LogP contribution in [0, 0.1) is 0 Å². The zero-order valence-electron chi connectivity index (χ0n) is 14.9. The summed E-state index contributed by atoms with van der Waals surface area (Å²) < 4.78 is 11.0. The average Bonchev–Trinajstić information content (AvgIpc) is 3.21. The van der Waals surface area contributed by atoms with Crippen molar-refractivity contribution in [1.29, 1.82) is 0 Å². The number of benzene rings is 2. The van der Waals surface area contributed by atoms with Crippen LogP contribution in [-0.2, 0) is 0 Å². The smallest absolute Gasteiger partial charge is 0.231 e. The van der Waals surface area contributed by atoms with E-state index >= 15 is 0 Å². The van der Waals surface area contributed by atoms with Gasteiger partial charge in [0.15, 0.2) is 11.5 Å². The van der Waals surface area contributed by atoms with Crippen molar-refractivity contribution >= 4 is 16.6 Å². The van der Waals surface area contributed by atoms with Crippen molar-refractivity contribution in [2.75, 3.05) is 12.1 Å². The molecule has 0 saturated carbocycles. The van der Waals surface area contributed by atoms with Gasteiger partial charge in [0.05, 0.1) is 6.04 Å². The SMILES string of the molecule is Oc1c(C(Nc2ccncc2)c2ccc3c(c2)OCO3)ccc2cccnc12. The molecule has 0 aliphatic carbocycles. The van der Waals surface area contributed by atoms with Crippen LogP contribution in [-0.4, -0.2) is 21.9 Å². The maximum Gasteiger partial charge on any atom is 0.231 e. The van der Waals surface area contributed by atoms with Crippen molar-refractivity contribution in [3.05, 3.63) is 84.3 Å². The molecule has 1 aliphatic rings. The molecule has 3 heterocycles. The van der Waals surface area contributed by atoms with E-state index in [4.69, 9.17) is 9.47 Å². The molecular formula is C22H17N3O3. The van der Waals surface area contributed by atoms with Gasteiger partial charge in [-0.3, -0.25) is 9.97 Å². The molecule has 0 fully saturated rings. The molecule has 2 aromatic heterocycles. The number of rotatable bonds is 4. The average molecular weight is 371 g/mol. The summed E-state index contributed by atoms with van der Waals surface area (Å²) in [7, 11) is 0. The van der Waals surface area contributed by atoms with Crippen molar-refractivity contribution in [3.8, 4) is 17.2 Å². The first-order valence-electron chi connectivity index (χ1n) is 8.92. The Morgan fingerprint density at radius 1 is 0.929 bits per heavy atom. The number of phenolic OH excluding ortho intramolecular Hbond substituents is 1. The largest absolute Gasteiger partial charge is 0.505 e. The van der Waals surface area contributed by atoms with Crippen molar-refractivity contribution in [2.45, 2.75) is 6.04 Å². The molecule has 1 aliphatic heterocycles. The number of hydrogen-bond donors (Lipinski definition) is 2. The number of phenols is 1. The fourth-order valence-corrected chi connectivity index (χ4v) is 3.43. The lowest BCUT2D eigenvalue weighted by Gasteiger charge is -2.22. The van der Waals surface area contributed by atoms with Crippen LogP contribution in [0.2, 0.25) is 0 Å². The minimum absolute atomic E-state index is 0.155. The van der Waals surface area contributed by atoms with Gasteiger partial charge in [0.25, 0.3) is 0 Å². The summed E-state index contributed by atoms with van der Waals surface area (Å²) in [6.45, 7) is 0.215. The van der Waals surface area contributed by atoms with E-state index in [2.05, 4.69) is 15.3 Å². The zero-order chi connectivity index (χ0) is 18.9.